The third kappa shape index (κ3) is 6.43. The fourth-order valence-corrected chi connectivity index (χ4v) is 5.32. The van der Waals surface area contributed by atoms with Crippen molar-refractivity contribution in [3.05, 3.63) is 58.7 Å². The van der Waals surface area contributed by atoms with Gasteiger partial charge >= 0.3 is 6.18 Å². The lowest BCUT2D eigenvalue weighted by molar-refractivity contribution is -0.138. The second-order valence-corrected chi connectivity index (χ2v) is 10.6. The molecule has 0 spiro atoms. The molecule has 2 aromatic heterocycles. The first-order valence-electron chi connectivity index (χ1n) is 13.5. The Morgan fingerprint density at radius 1 is 1.24 bits per heavy atom. The highest BCUT2D eigenvalue weighted by Gasteiger charge is 2.41. The van der Waals surface area contributed by atoms with Gasteiger partial charge in [0.25, 0.3) is 5.91 Å². The molecule has 2 aliphatic heterocycles. The van der Waals surface area contributed by atoms with Crippen LogP contribution in [0.4, 0.5) is 24.8 Å². The minimum atomic E-state index is -4.62. The number of nitrogens with zero attached hydrogens (tertiary/aromatic N) is 7. The third-order valence-corrected chi connectivity index (χ3v) is 7.33. The van der Waals surface area contributed by atoms with Gasteiger partial charge in [-0.15, -0.1) is 10.2 Å². The molecule has 1 aromatic carbocycles. The summed E-state index contributed by atoms with van der Waals surface area (Å²) < 4.78 is 50.4. The van der Waals surface area contributed by atoms with Gasteiger partial charge in [-0.2, -0.15) is 18.4 Å². The van der Waals surface area contributed by atoms with Crippen LogP contribution >= 0.6 is 0 Å². The average molecular weight is 569 g/mol. The summed E-state index contributed by atoms with van der Waals surface area (Å²) in [5.74, 6) is 1.27. The Balaban J connectivity index is 1.46. The smallest absolute Gasteiger partial charge is 0.416 e. The molecule has 216 valence electrons. The lowest BCUT2D eigenvalue weighted by atomic mass is 9.96. The summed E-state index contributed by atoms with van der Waals surface area (Å²) in [6.45, 7) is 4.20. The molecule has 10 nitrogen and oxygen atoms in total. The van der Waals surface area contributed by atoms with Crippen LogP contribution in [0, 0.1) is 17.2 Å². The minimum absolute atomic E-state index is 0.0334. The molecule has 4 heterocycles. The van der Waals surface area contributed by atoms with Crippen LogP contribution in [0.2, 0.25) is 0 Å². The second-order valence-electron chi connectivity index (χ2n) is 10.6. The van der Waals surface area contributed by atoms with Gasteiger partial charge in [-0.05, 0) is 48.6 Å². The zero-order chi connectivity index (χ0) is 29.1. The van der Waals surface area contributed by atoms with Crippen molar-refractivity contribution in [1.82, 2.24) is 24.6 Å². The van der Waals surface area contributed by atoms with Crippen molar-refractivity contribution in [3.63, 3.8) is 0 Å². The molecule has 2 aliphatic rings. The van der Waals surface area contributed by atoms with Crippen LogP contribution in [0.5, 0.6) is 5.75 Å². The maximum atomic E-state index is 14.3. The van der Waals surface area contributed by atoms with Gasteiger partial charge in [-0.25, -0.2) is 4.98 Å². The zero-order valence-corrected chi connectivity index (χ0v) is 22.9. The number of amides is 1. The van der Waals surface area contributed by atoms with E-state index >= 15 is 0 Å². The lowest BCUT2D eigenvalue weighted by Gasteiger charge is -2.31. The highest BCUT2D eigenvalue weighted by atomic mass is 19.4. The number of ether oxygens (including phenoxy) is 1. The highest BCUT2D eigenvalue weighted by molar-refractivity contribution is 6.10. The number of benzene rings is 1. The molecule has 5 rings (SSSR count). The first-order valence-corrected chi connectivity index (χ1v) is 13.5. The van der Waals surface area contributed by atoms with Crippen molar-refractivity contribution >= 4 is 17.5 Å². The first kappa shape index (κ1) is 28.4. The summed E-state index contributed by atoms with van der Waals surface area (Å²) >= 11 is 0. The Morgan fingerprint density at radius 3 is 2.78 bits per heavy atom. The van der Waals surface area contributed by atoms with E-state index < -0.39 is 17.6 Å². The normalized spacial score (nSPS) is 17.4. The Labute approximate surface area is 235 Å². The highest BCUT2D eigenvalue weighted by Crippen LogP contribution is 2.40. The molecule has 0 aliphatic carbocycles. The van der Waals surface area contributed by atoms with Crippen molar-refractivity contribution in [2.24, 2.45) is 13.0 Å². The zero-order valence-electron chi connectivity index (χ0n) is 22.9. The predicted octanol–water partition coefficient (Wildman–Crippen LogP) is 4.53. The predicted molar refractivity (Wildman–Crippen MR) is 144 cm³/mol. The molecular weight excluding hydrogens is 537 g/mol. The fourth-order valence-electron chi connectivity index (χ4n) is 5.32. The number of fused-ring (bicyclic) bond motifs is 1. The standard InChI is InChI=1S/C28H31F3N8O2/c1-18-5-3-8-38(13-18)14-19-9-21-22(23(10-19)28(29,30)31)15-39(27(21)40)25-12-20(11-24(35-25)33-7-4-6-32)41-16-26-36-34-17-37(26)2/h9-12,17-18H,3-5,7-8,13-16H2,1-2H3,(H,33,35)/t18-/m0/s1. The number of alkyl halides is 3. The average Bonchev–Trinajstić information content (AvgIpc) is 3.49. The van der Waals surface area contributed by atoms with E-state index in [0.717, 1.165) is 25.9 Å². The summed E-state index contributed by atoms with van der Waals surface area (Å²) in [5.41, 5.74) is -0.364. The Morgan fingerprint density at radius 2 is 2.07 bits per heavy atom. The molecule has 0 unspecified atom stereocenters. The summed E-state index contributed by atoms with van der Waals surface area (Å²) in [5, 5.41) is 19.7. The van der Waals surface area contributed by atoms with E-state index in [1.165, 1.54) is 23.4 Å². The fraction of sp³-hybridized carbons (Fsp3) is 0.464. The van der Waals surface area contributed by atoms with Gasteiger partial charge in [0, 0.05) is 44.4 Å². The van der Waals surface area contributed by atoms with E-state index in [9.17, 15) is 18.0 Å². The maximum Gasteiger partial charge on any atom is 0.416 e. The molecule has 1 saturated heterocycles. The van der Waals surface area contributed by atoms with Crippen LogP contribution in [-0.2, 0) is 32.9 Å². The molecule has 1 fully saturated rings. The number of likely N-dealkylation sites (tertiary alicyclic amines) is 1. The van der Waals surface area contributed by atoms with E-state index in [0.29, 0.717) is 42.0 Å². The van der Waals surface area contributed by atoms with Gasteiger partial charge < -0.3 is 14.6 Å². The number of halogens is 3. The third-order valence-electron chi connectivity index (χ3n) is 7.33. The number of piperidine rings is 1. The number of hydrogen-bond donors (Lipinski definition) is 1. The molecule has 1 amide bonds. The minimum Gasteiger partial charge on any atom is -0.485 e. The maximum absolute atomic E-state index is 14.3. The molecule has 0 radical (unpaired) electrons. The van der Waals surface area contributed by atoms with Crippen molar-refractivity contribution in [1.29, 1.82) is 5.26 Å². The van der Waals surface area contributed by atoms with E-state index in [-0.39, 0.29) is 36.5 Å². The Bertz CT molecular complexity index is 1470. The number of nitrogens with one attached hydrogen (secondary N) is 1. The number of anilines is 2. The van der Waals surface area contributed by atoms with Crippen molar-refractivity contribution in [2.75, 3.05) is 29.9 Å². The van der Waals surface area contributed by atoms with Gasteiger partial charge in [0.1, 0.15) is 30.3 Å². The quantitative estimate of drug-likeness (QED) is 0.375. The van der Waals surface area contributed by atoms with Crippen LogP contribution < -0.4 is 15.0 Å². The Hall–Kier alpha value is -4.18. The van der Waals surface area contributed by atoms with Crippen molar-refractivity contribution < 1.29 is 22.7 Å². The molecule has 13 heteroatoms. The van der Waals surface area contributed by atoms with E-state index in [2.05, 4.69) is 32.3 Å². The molecule has 0 bridgehead atoms. The number of hydrogen-bond acceptors (Lipinski definition) is 8. The lowest BCUT2D eigenvalue weighted by Crippen LogP contribution is -2.33. The summed E-state index contributed by atoms with van der Waals surface area (Å²) in [6.07, 6.45) is -0.781. The van der Waals surface area contributed by atoms with Crippen LogP contribution in [0.25, 0.3) is 0 Å². The number of rotatable bonds is 9. The Kier molecular flexibility index (Phi) is 8.12. The van der Waals surface area contributed by atoms with Gasteiger partial charge in [0.05, 0.1) is 24.6 Å². The van der Waals surface area contributed by atoms with Crippen LogP contribution in [-0.4, -0.2) is 50.2 Å². The van der Waals surface area contributed by atoms with Gasteiger partial charge in [0.2, 0.25) is 0 Å². The van der Waals surface area contributed by atoms with E-state index in [1.54, 1.807) is 23.7 Å². The van der Waals surface area contributed by atoms with E-state index in [1.807, 2.05) is 6.07 Å². The van der Waals surface area contributed by atoms with Gasteiger partial charge in [0.15, 0.2) is 5.82 Å². The molecule has 1 atom stereocenters. The largest absolute Gasteiger partial charge is 0.485 e. The topological polar surface area (TPSA) is 112 Å². The SMILES string of the molecule is C[C@H]1CCCN(Cc2cc3c(c(C(F)(F)F)c2)CN(c2cc(OCc4nncn4C)cc(NCCC#N)n2)C3=O)C1. The number of nitriles is 1. The number of pyridine rings is 1. The number of aromatic nitrogens is 4. The summed E-state index contributed by atoms with van der Waals surface area (Å²) in [6, 6.07) is 7.92. The number of carbonyl (C=O) groups is 1. The molecule has 0 saturated carbocycles. The van der Waals surface area contributed by atoms with Gasteiger partial charge in [-0.3, -0.25) is 14.6 Å². The summed E-state index contributed by atoms with van der Waals surface area (Å²) in [4.78, 5) is 21.5. The molecular formula is C28H31F3N8O2. The van der Waals surface area contributed by atoms with Crippen molar-refractivity contribution in [2.45, 2.75) is 52.1 Å². The summed E-state index contributed by atoms with van der Waals surface area (Å²) in [7, 11) is 1.77. The first-order chi connectivity index (χ1) is 19.6. The van der Waals surface area contributed by atoms with Crippen LogP contribution in [0.1, 0.15) is 59.1 Å². The van der Waals surface area contributed by atoms with Crippen molar-refractivity contribution in [3.8, 4) is 11.8 Å². The second kappa shape index (κ2) is 11.7. The molecule has 3 aromatic rings. The van der Waals surface area contributed by atoms with Gasteiger partial charge in [-0.1, -0.05) is 6.92 Å². The monoisotopic (exact) mass is 568 g/mol. The van der Waals surface area contributed by atoms with Crippen LogP contribution in [0.3, 0.4) is 0 Å². The number of carbonyl (C=O) groups excluding carboxylic acids is 1. The number of aryl methyl sites for hydroxylation is 1. The molecule has 1 N–H and O–H groups in total. The van der Waals surface area contributed by atoms with E-state index in [4.69, 9.17) is 10.00 Å². The van der Waals surface area contributed by atoms with Crippen LogP contribution in [0.15, 0.2) is 30.6 Å². The molecule has 41 heavy (non-hydrogen) atoms.